The summed E-state index contributed by atoms with van der Waals surface area (Å²) in [7, 11) is 0. The van der Waals surface area contributed by atoms with Gasteiger partial charge in [-0.15, -0.1) is 11.6 Å². The topological polar surface area (TPSA) is 0 Å². The summed E-state index contributed by atoms with van der Waals surface area (Å²) >= 11 is 6.47. The summed E-state index contributed by atoms with van der Waals surface area (Å²) in [4.78, 5) is 0. The SMILES string of the molecule is Cc1cc(F)cc(C(Cl)c2ccc(C)cc2C)c1. The number of rotatable bonds is 2. The highest BCUT2D eigenvalue weighted by Gasteiger charge is 2.14. The van der Waals surface area contributed by atoms with E-state index in [1.807, 2.05) is 39.0 Å². The third-order valence-electron chi connectivity index (χ3n) is 3.06. The standard InChI is InChI=1S/C16H16ClF/c1-10-4-5-15(12(3)6-10)16(17)13-7-11(2)8-14(18)9-13/h4-9,16H,1-3H3. The molecule has 0 saturated carbocycles. The molecule has 0 heterocycles. The smallest absolute Gasteiger partial charge is 0.123 e. The third kappa shape index (κ3) is 2.73. The zero-order chi connectivity index (χ0) is 13.3. The van der Waals surface area contributed by atoms with Crippen molar-refractivity contribution in [2.75, 3.05) is 0 Å². The molecule has 0 nitrogen and oxygen atoms in total. The second-order valence-corrected chi connectivity index (χ2v) is 5.22. The monoisotopic (exact) mass is 262 g/mol. The Kier molecular flexibility index (Phi) is 3.72. The molecule has 0 radical (unpaired) electrons. The lowest BCUT2D eigenvalue weighted by atomic mass is 9.97. The normalized spacial score (nSPS) is 12.5. The van der Waals surface area contributed by atoms with Gasteiger partial charge in [0, 0.05) is 0 Å². The van der Waals surface area contributed by atoms with Crippen LogP contribution in [0.4, 0.5) is 4.39 Å². The molecule has 1 unspecified atom stereocenters. The van der Waals surface area contributed by atoms with Gasteiger partial charge in [-0.2, -0.15) is 0 Å². The van der Waals surface area contributed by atoms with E-state index in [0.29, 0.717) is 0 Å². The van der Waals surface area contributed by atoms with Crippen LogP contribution in [0.15, 0.2) is 36.4 Å². The Morgan fingerprint density at radius 1 is 0.944 bits per heavy atom. The van der Waals surface area contributed by atoms with E-state index in [9.17, 15) is 4.39 Å². The van der Waals surface area contributed by atoms with Crippen LogP contribution in [-0.2, 0) is 0 Å². The molecule has 2 aromatic rings. The molecule has 2 rings (SSSR count). The van der Waals surface area contributed by atoms with Crippen molar-refractivity contribution in [3.05, 3.63) is 70.0 Å². The van der Waals surface area contributed by atoms with Crippen LogP contribution < -0.4 is 0 Å². The highest BCUT2D eigenvalue weighted by Crippen LogP contribution is 2.32. The second-order valence-electron chi connectivity index (χ2n) is 4.78. The van der Waals surface area contributed by atoms with E-state index in [0.717, 1.165) is 22.3 Å². The first-order valence-corrected chi connectivity index (χ1v) is 6.39. The van der Waals surface area contributed by atoms with Gasteiger partial charge in [-0.1, -0.05) is 29.8 Å². The molecule has 0 fully saturated rings. The van der Waals surface area contributed by atoms with E-state index in [4.69, 9.17) is 11.6 Å². The first kappa shape index (κ1) is 13.1. The van der Waals surface area contributed by atoms with Gasteiger partial charge in [-0.3, -0.25) is 0 Å². The van der Waals surface area contributed by atoms with Crippen LogP contribution in [0.2, 0.25) is 0 Å². The molecule has 18 heavy (non-hydrogen) atoms. The number of hydrogen-bond acceptors (Lipinski definition) is 0. The molecule has 94 valence electrons. The van der Waals surface area contributed by atoms with Crippen LogP contribution in [-0.4, -0.2) is 0 Å². The van der Waals surface area contributed by atoms with E-state index < -0.39 is 0 Å². The molecule has 0 saturated heterocycles. The fourth-order valence-corrected chi connectivity index (χ4v) is 2.57. The lowest BCUT2D eigenvalue weighted by molar-refractivity contribution is 0.624. The Balaban J connectivity index is 2.44. The van der Waals surface area contributed by atoms with E-state index in [-0.39, 0.29) is 11.2 Å². The zero-order valence-corrected chi connectivity index (χ0v) is 11.6. The highest BCUT2D eigenvalue weighted by atomic mass is 35.5. The van der Waals surface area contributed by atoms with Crippen LogP contribution in [0.1, 0.15) is 33.2 Å². The molecule has 0 amide bonds. The number of alkyl halides is 1. The van der Waals surface area contributed by atoms with Gasteiger partial charge in [0.05, 0.1) is 5.38 Å². The summed E-state index contributed by atoms with van der Waals surface area (Å²) in [6.45, 7) is 5.95. The fraction of sp³-hybridized carbons (Fsp3) is 0.250. The molecular weight excluding hydrogens is 247 g/mol. The summed E-state index contributed by atoms with van der Waals surface area (Å²) in [5.41, 5.74) is 5.07. The second kappa shape index (κ2) is 5.11. The molecule has 0 aliphatic rings. The van der Waals surface area contributed by atoms with Crippen LogP contribution in [0.25, 0.3) is 0 Å². The molecule has 2 aromatic carbocycles. The van der Waals surface area contributed by atoms with Crippen molar-refractivity contribution in [1.82, 2.24) is 0 Å². The number of halogens is 2. The van der Waals surface area contributed by atoms with Crippen molar-refractivity contribution < 1.29 is 4.39 Å². The van der Waals surface area contributed by atoms with Crippen LogP contribution >= 0.6 is 11.6 Å². The summed E-state index contributed by atoms with van der Waals surface area (Å²) < 4.78 is 13.4. The lowest BCUT2D eigenvalue weighted by Crippen LogP contribution is -1.98. The molecule has 0 aliphatic heterocycles. The van der Waals surface area contributed by atoms with Crippen molar-refractivity contribution >= 4 is 11.6 Å². The third-order valence-corrected chi connectivity index (χ3v) is 3.54. The van der Waals surface area contributed by atoms with E-state index in [1.54, 1.807) is 0 Å². The molecule has 0 aromatic heterocycles. The van der Waals surface area contributed by atoms with Gasteiger partial charge < -0.3 is 0 Å². The van der Waals surface area contributed by atoms with Crippen molar-refractivity contribution in [2.45, 2.75) is 26.1 Å². The molecule has 1 atom stereocenters. The maximum atomic E-state index is 13.4. The average Bonchev–Trinajstić information content (AvgIpc) is 2.26. The molecule has 0 spiro atoms. The molecular formula is C16H16ClF. The van der Waals surface area contributed by atoms with Gasteiger partial charge >= 0.3 is 0 Å². The Bertz CT molecular complexity index is 555. The number of benzene rings is 2. The molecule has 0 N–H and O–H groups in total. The van der Waals surface area contributed by atoms with Gasteiger partial charge in [0.15, 0.2) is 0 Å². The highest BCUT2D eigenvalue weighted by molar-refractivity contribution is 6.22. The van der Waals surface area contributed by atoms with Crippen molar-refractivity contribution in [3.8, 4) is 0 Å². The maximum absolute atomic E-state index is 13.4. The van der Waals surface area contributed by atoms with Crippen molar-refractivity contribution in [2.24, 2.45) is 0 Å². The van der Waals surface area contributed by atoms with Gasteiger partial charge in [0.2, 0.25) is 0 Å². The number of aryl methyl sites for hydroxylation is 3. The molecule has 2 heteroatoms. The Morgan fingerprint density at radius 2 is 1.67 bits per heavy atom. The van der Waals surface area contributed by atoms with Crippen molar-refractivity contribution in [1.29, 1.82) is 0 Å². The van der Waals surface area contributed by atoms with E-state index in [2.05, 4.69) is 6.07 Å². The lowest BCUT2D eigenvalue weighted by Gasteiger charge is -2.14. The molecule has 0 bridgehead atoms. The summed E-state index contributed by atoms with van der Waals surface area (Å²) in [5.74, 6) is -0.236. The van der Waals surface area contributed by atoms with Crippen LogP contribution in [0.5, 0.6) is 0 Å². The van der Waals surface area contributed by atoms with Crippen LogP contribution in [0.3, 0.4) is 0 Å². The minimum atomic E-state index is -0.306. The van der Waals surface area contributed by atoms with Gasteiger partial charge in [0.25, 0.3) is 0 Å². The largest absolute Gasteiger partial charge is 0.207 e. The summed E-state index contributed by atoms with van der Waals surface area (Å²) in [6.07, 6.45) is 0. The minimum absolute atomic E-state index is 0.236. The predicted octanol–water partition coefficient (Wildman–Crippen LogP) is 5.08. The zero-order valence-electron chi connectivity index (χ0n) is 10.8. The van der Waals surface area contributed by atoms with Crippen molar-refractivity contribution in [3.63, 3.8) is 0 Å². The van der Waals surface area contributed by atoms with Crippen LogP contribution in [0, 0.1) is 26.6 Å². The van der Waals surface area contributed by atoms with E-state index >= 15 is 0 Å². The van der Waals surface area contributed by atoms with Gasteiger partial charge in [-0.05, 0) is 55.2 Å². The van der Waals surface area contributed by atoms with Gasteiger partial charge in [-0.25, -0.2) is 4.39 Å². The fourth-order valence-electron chi connectivity index (χ4n) is 2.20. The first-order chi connectivity index (χ1) is 8.47. The van der Waals surface area contributed by atoms with Gasteiger partial charge in [0.1, 0.15) is 5.82 Å². The Morgan fingerprint density at radius 3 is 2.28 bits per heavy atom. The Hall–Kier alpha value is -1.34. The van der Waals surface area contributed by atoms with E-state index in [1.165, 1.54) is 17.7 Å². The Labute approximate surface area is 112 Å². The number of hydrogen-bond donors (Lipinski definition) is 0. The summed E-state index contributed by atoms with van der Waals surface area (Å²) in [6, 6.07) is 11.1. The predicted molar refractivity (Wildman–Crippen MR) is 74.7 cm³/mol. The first-order valence-electron chi connectivity index (χ1n) is 5.95. The quantitative estimate of drug-likeness (QED) is 0.662. The summed E-state index contributed by atoms with van der Waals surface area (Å²) in [5, 5.41) is -0.306. The maximum Gasteiger partial charge on any atom is 0.123 e. The average molecular weight is 263 g/mol. The molecule has 0 aliphatic carbocycles. The minimum Gasteiger partial charge on any atom is -0.207 e.